The minimum atomic E-state index is -0.337. The van der Waals surface area contributed by atoms with Crippen LogP contribution in [-0.4, -0.2) is 21.1 Å². The van der Waals surface area contributed by atoms with E-state index in [1.807, 2.05) is 24.3 Å². The summed E-state index contributed by atoms with van der Waals surface area (Å²) in [5.74, 6) is 0.155. The molecule has 0 fully saturated rings. The van der Waals surface area contributed by atoms with Gasteiger partial charge in [0.15, 0.2) is 5.65 Å². The van der Waals surface area contributed by atoms with Gasteiger partial charge in [-0.15, -0.1) is 5.10 Å². The van der Waals surface area contributed by atoms with Crippen molar-refractivity contribution in [2.75, 3.05) is 17.6 Å². The molecule has 3 rings (SSSR count). The minimum Gasteiger partial charge on any atom is -0.399 e. The molecule has 0 unspecified atom stereocenters. The zero-order chi connectivity index (χ0) is 13.9. The van der Waals surface area contributed by atoms with E-state index < -0.39 is 0 Å². The molecule has 2 aromatic heterocycles. The highest BCUT2D eigenvalue weighted by molar-refractivity contribution is 5.43. The second kappa shape index (κ2) is 5.16. The summed E-state index contributed by atoms with van der Waals surface area (Å²) in [6.07, 6.45) is 2.14. The van der Waals surface area contributed by atoms with E-state index in [-0.39, 0.29) is 5.82 Å². The van der Waals surface area contributed by atoms with Crippen LogP contribution in [0.15, 0.2) is 42.6 Å². The van der Waals surface area contributed by atoms with Crippen molar-refractivity contribution in [1.29, 1.82) is 0 Å². The Balaban J connectivity index is 1.63. The molecule has 102 valence electrons. The number of hydrogen-bond donors (Lipinski definition) is 2. The van der Waals surface area contributed by atoms with Gasteiger partial charge in [0.2, 0.25) is 5.95 Å². The van der Waals surface area contributed by atoms with Gasteiger partial charge in [-0.05, 0) is 36.2 Å². The van der Waals surface area contributed by atoms with Gasteiger partial charge in [0.05, 0.1) is 6.20 Å². The highest BCUT2D eigenvalue weighted by Gasteiger charge is 2.03. The molecule has 0 radical (unpaired) electrons. The average molecular weight is 271 g/mol. The normalized spacial score (nSPS) is 10.8. The van der Waals surface area contributed by atoms with Gasteiger partial charge in [0, 0.05) is 12.2 Å². The first-order valence-electron chi connectivity index (χ1n) is 6.31. The molecule has 1 aromatic carbocycles. The number of nitrogens with two attached hydrogens (primary N) is 1. The zero-order valence-electron chi connectivity index (χ0n) is 10.8. The molecule has 2 heterocycles. The topological polar surface area (TPSA) is 68.2 Å². The van der Waals surface area contributed by atoms with E-state index in [9.17, 15) is 4.39 Å². The fraction of sp³-hybridized carbons (Fsp3) is 0.143. The summed E-state index contributed by atoms with van der Waals surface area (Å²) >= 11 is 0. The van der Waals surface area contributed by atoms with Crippen LogP contribution in [0.25, 0.3) is 5.65 Å². The largest absolute Gasteiger partial charge is 0.399 e. The predicted octanol–water partition coefficient (Wildman–Crippen LogP) is 2.11. The fourth-order valence-corrected chi connectivity index (χ4v) is 1.94. The van der Waals surface area contributed by atoms with E-state index in [0.717, 1.165) is 12.1 Å². The lowest BCUT2D eigenvalue weighted by molar-refractivity contribution is 0.615. The summed E-state index contributed by atoms with van der Waals surface area (Å²) in [6.45, 7) is 0.698. The molecule has 3 N–H and O–H groups in total. The van der Waals surface area contributed by atoms with Crippen LogP contribution in [-0.2, 0) is 6.42 Å². The summed E-state index contributed by atoms with van der Waals surface area (Å²) in [4.78, 5) is 4.25. The van der Waals surface area contributed by atoms with Crippen molar-refractivity contribution in [3.63, 3.8) is 0 Å². The standard InChI is InChI=1S/C14H14FN5/c15-11-3-6-13-18-14(19-20(13)9-11)17-8-7-10-1-4-12(16)5-2-10/h1-6,9H,7-8,16H2,(H,17,19). The van der Waals surface area contributed by atoms with Gasteiger partial charge in [0.25, 0.3) is 0 Å². The van der Waals surface area contributed by atoms with E-state index in [4.69, 9.17) is 5.73 Å². The lowest BCUT2D eigenvalue weighted by Crippen LogP contribution is -2.06. The smallest absolute Gasteiger partial charge is 0.243 e. The molecule has 0 bridgehead atoms. The molecule has 0 spiro atoms. The van der Waals surface area contributed by atoms with Crippen molar-refractivity contribution in [1.82, 2.24) is 14.6 Å². The number of pyridine rings is 1. The van der Waals surface area contributed by atoms with E-state index in [1.54, 1.807) is 6.07 Å². The molecular formula is C14H14FN5. The maximum Gasteiger partial charge on any atom is 0.243 e. The van der Waals surface area contributed by atoms with Gasteiger partial charge in [-0.3, -0.25) is 0 Å². The zero-order valence-corrected chi connectivity index (χ0v) is 10.8. The van der Waals surface area contributed by atoms with Gasteiger partial charge in [-0.1, -0.05) is 12.1 Å². The predicted molar refractivity (Wildman–Crippen MR) is 76.0 cm³/mol. The monoisotopic (exact) mass is 271 g/mol. The van der Waals surface area contributed by atoms with Crippen molar-refractivity contribution >= 4 is 17.3 Å². The maximum atomic E-state index is 13.0. The quantitative estimate of drug-likeness (QED) is 0.713. The second-order valence-electron chi connectivity index (χ2n) is 4.50. The molecule has 5 nitrogen and oxygen atoms in total. The number of anilines is 2. The highest BCUT2D eigenvalue weighted by atomic mass is 19.1. The first-order valence-corrected chi connectivity index (χ1v) is 6.31. The summed E-state index contributed by atoms with van der Waals surface area (Å²) in [6, 6.07) is 10.7. The summed E-state index contributed by atoms with van der Waals surface area (Å²) in [5.41, 5.74) is 8.18. The van der Waals surface area contributed by atoms with E-state index in [0.29, 0.717) is 18.1 Å². The highest BCUT2D eigenvalue weighted by Crippen LogP contribution is 2.08. The van der Waals surface area contributed by atoms with Gasteiger partial charge in [-0.2, -0.15) is 4.98 Å². The number of halogens is 1. The number of nitrogens with zero attached hydrogens (tertiary/aromatic N) is 3. The van der Waals surface area contributed by atoms with Crippen molar-refractivity contribution in [2.24, 2.45) is 0 Å². The molecule has 0 aliphatic carbocycles. The van der Waals surface area contributed by atoms with Crippen molar-refractivity contribution < 1.29 is 4.39 Å². The Kier molecular flexibility index (Phi) is 3.20. The van der Waals surface area contributed by atoms with E-state index in [2.05, 4.69) is 15.4 Å². The third-order valence-corrected chi connectivity index (χ3v) is 2.97. The van der Waals surface area contributed by atoms with Gasteiger partial charge < -0.3 is 11.1 Å². The Labute approximate surface area is 115 Å². The molecule has 3 aromatic rings. The van der Waals surface area contributed by atoms with Crippen LogP contribution in [0.4, 0.5) is 16.0 Å². The van der Waals surface area contributed by atoms with Crippen LogP contribution in [0, 0.1) is 5.82 Å². The first-order chi connectivity index (χ1) is 9.70. The Morgan fingerprint density at radius 3 is 2.75 bits per heavy atom. The van der Waals surface area contributed by atoms with Crippen molar-refractivity contribution in [3.05, 3.63) is 54.0 Å². The average Bonchev–Trinajstić information content (AvgIpc) is 2.83. The van der Waals surface area contributed by atoms with Crippen LogP contribution in [0.1, 0.15) is 5.56 Å². The van der Waals surface area contributed by atoms with Crippen LogP contribution in [0.2, 0.25) is 0 Å². The first kappa shape index (κ1) is 12.4. The Morgan fingerprint density at radius 2 is 1.95 bits per heavy atom. The third-order valence-electron chi connectivity index (χ3n) is 2.97. The Morgan fingerprint density at radius 1 is 1.15 bits per heavy atom. The van der Waals surface area contributed by atoms with Crippen molar-refractivity contribution in [3.8, 4) is 0 Å². The second-order valence-corrected chi connectivity index (χ2v) is 4.50. The SMILES string of the molecule is Nc1ccc(CCNc2nc3ccc(F)cn3n2)cc1. The lowest BCUT2D eigenvalue weighted by atomic mass is 10.1. The fourth-order valence-electron chi connectivity index (χ4n) is 1.94. The van der Waals surface area contributed by atoms with Gasteiger partial charge in [-0.25, -0.2) is 8.91 Å². The van der Waals surface area contributed by atoms with Crippen LogP contribution >= 0.6 is 0 Å². The molecule has 0 aliphatic rings. The third kappa shape index (κ3) is 2.69. The molecule has 6 heteroatoms. The molecule has 0 atom stereocenters. The van der Waals surface area contributed by atoms with Crippen LogP contribution in [0.3, 0.4) is 0 Å². The number of nitrogens with one attached hydrogen (secondary N) is 1. The summed E-state index contributed by atoms with van der Waals surface area (Å²) in [7, 11) is 0. The number of fused-ring (bicyclic) bond motifs is 1. The lowest BCUT2D eigenvalue weighted by Gasteiger charge is -2.02. The molecule has 20 heavy (non-hydrogen) atoms. The van der Waals surface area contributed by atoms with Crippen LogP contribution < -0.4 is 11.1 Å². The molecule has 0 saturated carbocycles. The number of rotatable bonds is 4. The Bertz CT molecular complexity index is 720. The van der Waals surface area contributed by atoms with Crippen LogP contribution in [0.5, 0.6) is 0 Å². The summed E-state index contributed by atoms with van der Waals surface area (Å²) < 4.78 is 14.5. The molecule has 0 amide bonds. The van der Waals surface area contributed by atoms with E-state index >= 15 is 0 Å². The number of nitrogen functional groups attached to an aromatic ring is 1. The Hall–Kier alpha value is -2.63. The van der Waals surface area contributed by atoms with E-state index in [1.165, 1.54) is 22.3 Å². The van der Waals surface area contributed by atoms with Gasteiger partial charge >= 0.3 is 0 Å². The molecular weight excluding hydrogens is 257 g/mol. The summed E-state index contributed by atoms with van der Waals surface area (Å²) in [5, 5.41) is 7.27. The number of benzene rings is 1. The molecule has 0 saturated heterocycles. The number of hydrogen-bond acceptors (Lipinski definition) is 4. The minimum absolute atomic E-state index is 0.337. The van der Waals surface area contributed by atoms with Gasteiger partial charge in [0.1, 0.15) is 5.82 Å². The molecule has 0 aliphatic heterocycles. The number of aromatic nitrogens is 3. The van der Waals surface area contributed by atoms with Crippen molar-refractivity contribution in [2.45, 2.75) is 6.42 Å². The maximum absolute atomic E-state index is 13.0.